The molecule has 1 rings (SSSR count). The molecular weight excluding hydrogens is 230 g/mol. The van der Waals surface area contributed by atoms with Gasteiger partial charge in [0, 0.05) is 26.0 Å². The number of carbonyl (C=O) groups excluding carboxylic acids is 1. The summed E-state index contributed by atoms with van der Waals surface area (Å²) >= 11 is 0. The van der Waals surface area contributed by atoms with Crippen molar-refractivity contribution in [2.45, 2.75) is 19.3 Å². The highest BCUT2D eigenvalue weighted by molar-refractivity contribution is 7.91. The van der Waals surface area contributed by atoms with E-state index in [9.17, 15) is 13.2 Å². The average Bonchev–Trinajstić information content (AvgIpc) is 2.16. The Balaban J connectivity index is 2.50. The number of sulfone groups is 1. The lowest BCUT2D eigenvalue weighted by atomic mass is 9.95. The number of piperidine rings is 1. The molecule has 1 unspecified atom stereocenters. The Morgan fingerprint density at radius 2 is 2.19 bits per heavy atom. The molecule has 1 aliphatic rings. The second-order valence-electron chi connectivity index (χ2n) is 4.43. The van der Waals surface area contributed by atoms with E-state index in [2.05, 4.69) is 0 Å². The Hall–Kier alpha value is -0.620. The van der Waals surface area contributed by atoms with E-state index in [1.807, 2.05) is 0 Å². The summed E-state index contributed by atoms with van der Waals surface area (Å²) in [7, 11) is -3.24. The number of hydrogen-bond acceptors (Lipinski definition) is 4. The van der Waals surface area contributed by atoms with E-state index in [-0.39, 0.29) is 12.5 Å². The Kier molecular flexibility index (Phi) is 4.73. The van der Waals surface area contributed by atoms with Crippen molar-refractivity contribution in [1.29, 1.82) is 0 Å². The summed E-state index contributed by atoms with van der Waals surface area (Å²) in [6.45, 7) is 1.34. The van der Waals surface area contributed by atoms with Gasteiger partial charge in [-0.2, -0.15) is 0 Å². The summed E-state index contributed by atoms with van der Waals surface area (Å²) in [5.41, 5.74) is 0. The standard InChI is InChI=1S/C10H19NO4S/c1-16(14,15)8-10(13)11-5-2-3-9(7-11)4-6-12/h9,12H,2-8H2,1H3. The van der Waals surface area contributed by atoms with Crippen LogP contribution < -0.4 is 0 Å². The Morgan fingerprint density at radius 1 is 1.50 bits per heavy atom. The summed E-state index contributed by atoms with van der Waals surface area (Å²) in [6.07, 6.45) is 3.64. The van der Waals surface area contributed by atoms with Crippen LogP contribution in [-0.4, -0.2) is 56.0 Å². The number of likely N-dealkylation sites (tertiary alicyclic amines) is 1. The second-order valence-corrected chi connectivity index (χ2v) is 6.57. The molecule has 5 nitrogen and oxygen atoms in total. The van der Waals surface area contributed by atoms with E-state index in [1.54, 1.807) is 4.90 Å². The first-order chi connectivity index (χ1) is 7.42. The van der Waals surface area contributed by atoms with Gasteiger partial charge in [-0.25, -0.2) is 8.42 Å². The Bertz CT molecular complexity index is 337. The van der Waals surface area contributed by atoms with Crippen LogP contribution >= 0.6 is 0 Å². The average molecular weight is 249 g/mol. The molecule has 0 aromatic carbocycles. The zero-order chi connectivity index (χ0) is 12.2. The van der Waals surface area contributed by atoms with E-state index < -0.39 is 15.6 Å². The third-order valence-electron chi connectivity index (χ3n) is 2.79. The normalized spacial score (nSPS) is 22.1. The zero-order valence-electron chi connectivity index (χ0n) is 9.55. The molecule has 6 heteroatoms. The lowest BCUT2D eigenvalue weighted by molar-refractivity contribution is -0.130. The quantitative estimate of drug-likeness (QED) is 0.739. The van der Waals surface area contributed by atoms with Crippen LogP contribution in [0.5, 0.6) is 0 Å². The zero-order valence-corrected chi connectivity index (χ0v) is 10.4. The van der Waals surface area contributed by atoms with Crippen LogP contribution in [-0.2, 0) is 14.6 Å². The fourth-order valence-corrected chi connectivity index (χ4v) is 2.66. The van der Waals surface area contributed by atoms with E-state index in [4.69, 9.17) is 5.11 Å². The van der Waals surface area contributed by atoms with Crippen LogP contribution in [0, 0.1) is 5.92 Å². The molecule has 0 saturated carbocycles. The van der Waals surface area contributed by atoms with Crippen LogP contribution in [0.4, 0.5) is 0 Å². The first kappa shape index (κ1) is 13.4. The summed E-state index contributed by atoms with van der Waals surface area (Å²) in [6, 6.07) is 0. The van der Waals surface area contributed by atoms with Gasteiger partial charge in [0.25, 0.3) is 0 Å². The van der Waals surface area contributed by atoms with Gasteiger partial charge in [0.15, 0.2) is 9.84 Å². The van der Waals surface area contributed by atoms with Gasteiger partial charge >= 0.3 is 0 Å². The molecular formula is C10H19NO4S. The number of rotatable bonds is 4. The summed E-state index contributed by atoms with van der Waals surface area (Å²) in [5.74, 6) is -0.411. The number of carbonyl (C=O) groups is 1. The number of aliphatic hydroxyl groups is 1. The molecule has 0 bridgehead atoms. The number of aliphatic hydroxyl groups excluding tert-OH is 1. The number of hydrogen-bond donors (Lipinski definition) is 1. The molecule has 94 valence electrons. The van der Waals surface area contributed by atoms with Gasteiger partial charge in [-0.05, 0) is 25.2 Å². The first-order valence-corrected chi connectivity index (χ1v) is 7.55. The highest BCUT2D eigenvalue weighted by Crippen LogP contribution is 2.19. The highest BCUT2D eigenvalue weighted by Gasteiger charge is 2.25. The summed E-state index contributed by atoms with van der Waals surface area (Å²) in [4.78, 5) is 13.2. The van der Waals surface area contributed by atoms with Gasteiger partial charge in [-0.3, -0.25) is 4.79 Å². The van der Waals surface area contributed by atoms with E-state index in [0.717, 1.165) is 19.1 Å². The molecule has 0 spiro atoms. The summed E-state index contributed by atoms with van der Waals surface area (Å²) in [5, 5.41) is 8.83. The van der Waals surface area contributed by atoms with Crippen LogP contribution in [0.25, 0.3) is 0 Å². The lowest BCUT2D eigenvalue weighted by Gasteiger charge is -2.32. The van der Waals surface area contributed by atoms with Crippen molar-refractivity contribution in [3.63, 3.8) is 0 Å². The molecule has 0 radical (unpaired) electrons. The SMILES string of the molecule is CS(=O)(=O)CC(=O)N1CCCC(CCO)C1. The predicted octanol–water partition coefficient (Wildman–Crippen LogP) is -0.348. The number of nitrogens with zero attached hydrogens (tertiary/aromatic N) is 1. The molecule has 1 aliphatic heterocycles. The number of amides is 1. The minimum absolute atomic E-state index is 0.124. The summed E-state index contributed by atoms with van der Waals surface area (Å²) < 4.78 is 22.0. The van der Waals surface area contributed by atoms with Crippen molar-refractivity contribution in [2.24, 2.45) is 5.92 Å². The van der Waals surface area contributed by atoms with Crippen LogP contribution in [0.2, 0.25) is 0 Å². The van der Waals surface area contributed by atoms with Gasteiger partial charge in [0.05, 0.1) is 0 Å². The van der Waals surface area contributed by atoms with E-state index in [0.29, 0.717) is 25.4 Å². The molecule has 1 heterocycles. The fourth-order valence-electron chi connectivity index (χ4n) is 2.03. The minimum atomic E-state index is -3.24. The van der Waals surface area contributed by atoms with Crippen molar-refractivity contribution in [3.05, 3.63) is 0 Å². The molecule has 0 aliphatic carbocycles. The third kappa shape index (κ3) is 4.49. The van der Waals surface area contributed by atoms with Crippen molar-refractivity contribution in [2.75, 3.05) is 31.7 Å². The Morgan fingerprint density at radius 3 is 2.75 bits per heavy atom. The predicted molar refractivity (Wildman–Crippen MR) is 60.7 cm³/mol. The molecule has 16 heavy (non-hydrogen) atoms. The maximum atomic E-state index is 11.6. The molecule has 1 N–H and O–H groups in total. The molecule has 0 aromatic rings. The maximum Gasteiger partial charge on any atom is 0.237 e. The van der Waals surface area contributed by atoms with Crippen LogP contribution in [0.1, 0.15) is 19.3 Å². The molecule has 1 atom stereocenters. The van der Waals surface area contributed by atoms with Crippen molar-refractivity contribution < 1.29 is 18.3 Å². The van der Waals surface area contributed by atoms with Crippen molar-refractivity contribution >= 4 is 15.7 Å². The molecule has 1 fully saturated rings. The maximum absolute atomic E-state index is 11.6. The van der Waals surface area contributed by atoms with Crippen LogP contribution in [0.15, 0.2) is 0 Å². The third-order valence-corrected chi connectivity index (χ3v) is 3.57. The van der Waals surface area contributed by atoms with Gasteiger partial charge in [0.1, 0.15) is 5.75 Å². The monoisotopic (exact) mass is 249 g/mol. The van der Waals surface area contributed by atoms with Crippen molar-refractivity contribution in [1.82, 2.24) is 4.90 Å². The van der Waals surface area contributed by atoms with Gasteiger partial charge in [-0.1, -0.05) is 0 Å². The minimum Gasteiger partial charge on any atom is -0.396 e. The molecule has 0 aromatic heterocycles. The van der Waals surface area contributed by atoms with E-state index in [1.165, 1.54) is 0 Å². The topological polar surface area (TPSA) is 74.7 Å². The highest BCUT2D eigenvalue weighted by atomic mass is 32.2. The van der Waals surface area contributed by atoms with Gasteiger partial charge < -0.3 is 10.0 Å². The second kappa shape index (κ2) is 5.63. The smallest absolute Gasteiger partial charge is 0.237 e. The first-order valence-electron chi connectivity index (χ1n) is 5.48. The van der Waals surface area contributed by atoms with Gasteiger partial charge in [0.2, 0.25) is 5.91 Å². The van der Waals surface area contributed by atoms with Crippen LogP contribution in [0.3, 0.4) is 0 Å². The van der Waals surface area contributed by atoms with Crippen molar-refractivity contribution in [3.8, 4) is 0 Å². The molecule has 1 saturated heterocycles. The largest absolute Gasteiger partial charge is 0.396 e. The molecule has 1 amide bonds. The Labute approximate surface area is 96.4 Å². The van der Waals surface area contributed by atoms with Gasteiger partial charge in [-0.15, -0.1) is 0 Å². The fraction of sp³-hybridized carbons (Fsp3) is 0.900. The lowest BCUT2D eigenvalue weighted by Crippen LogP contribution is -2.42. The van der Waals surface area contributed by atoms with E-state index >= 15 is 0 Å².